The van der Waals surface area contributed by atoms with Gasteiger partial charge in [-0.05, 0) is 37.1 Å². The highest BCUT2D eigenvalue weighted by Gasteiger charge is 2.22. The van der Waals surface area contributed by atoms with Crippen molar-refractivity contribution in [3.05, 3.63) is 42.0 Å². The number of ether oxygens (including phenoxy) is 1. The van der Waals surface area contributed by atoms with E-state index in [1.54, 1.807) is 19.1 Å². The van der Waals surface area contributed by atoms with E-state index in [1.807, 2.05) is 4.90 Å². The fraction of sp³-hybridized carbons (Fsp3) is 0.450. The summed E-state index contributed by atoms with van der Waals surface area (Å²) in [5.74, 6) is 1.67. The van der Waals surface area contributed by atoms with Crippen molar-refractivity contribution >= 4 is 11.7 Å². The van der Waals surface area contributed by atoms with Crippen molar-refractivity contribution in [1.29, 1.82) is 0 Å². The second-order valence-corrected chi connectivity index (χ2v) is 6.70. The second kappa shape index (κ2) is 8.79. The molecule has 0 saturated carbocycles. The monoisotopic (exact) mass is 372 g/mol. The van der Waals surface area contributed by atoms with Crippen molar-refractivity contribution in [3.8, 4) is 11.6 Å². The standard InChI is InChI=1S/C20H25FN4O2/c1-3-4-5-20(26)25-10-8-24(9-11-25)18-13-19(23-14-22-18)27-17-7-6-16(21)12-15(17)2/h6-7,12-14H,3-5,8-11H2,1-2H3. The molecule has 1 amide bonds. The minimum Gasteiger partial charge on any atom is -0.439 e. The van der Waals surface area contributed by atoms with Gasteiger partial charge < -0.3 is 14.5 Å². The maximum Gasteiger partial charge on any atom is 0.224 e. The van der Waals surface area contributed by atoms with E-state index in [1.165, 1.54) is 18.5 Å². The SMILES string of the molecule is CCCCC(=O)N1CCN(c2cc(Oc3ccc(F)cc3C)ncn2)CC1. The number of anilines is 1. The molecule has 0 radical (unpaired) electrons. The molecule has 0 bridgehead atoms. The third-order valence-corrected chi connectivity index (χ3v) is 4.68. The maximum absolute atomic E-state index is 13.2. The number of hydrogen-bond donors (Lipinski definition) is 0. The van der Waals surface area contributed by atoms with Gasteiger partial charge in [0, 0.05) is 38.7 Å². The number of hydrogen-bond acceptors (Lipinski definition) is 5. The van der Waals surface area contributed by atoms with E-state index in [-0.39, 0.29) is 11.7 Å². The third-order valence-electron chi connectivity index (χ3n) is 4.68. The number of rotatable bonds is 6. The molecule has 0 N–H and O–H groups in total. The summed E-state index contributed by atoms with van der Waals surface area (Å²) in [4.78, 5) is 24.7. The van der Waals surface area contributed by atoms with Gasteiger partial charge in [-0.3, -0.25) is 4.79 Å². The highest BCUT2D eigenvalue weighted by molar-refractivity contribution is 5.76. The van der Waals surface area contributed by atoms with Gasteiger partial charge in [-0.2, -0.15) is 0 Å². The second-order valence-electron chi connectivity index (χ2n) is 6.70. The van der Waals surface area contributed by atoms with Crippen molar-refractivity contribution in [2.45, 2.75) is 33.1 Å². The van der Waals surface area contributed by atoms with Gasteiger partial charge in [-0.25, -0.2) is 14.4 Å². The quantitative estimate of drug-likeness (QED) is 0.776. The molecule has 144 valence electrons. The van der Waals surface area contributed by atoms with Crippen LogP contribution in [0.5, 0.6) is 11.6 Å². The molecule has 0 spiro atoms. The number of unbranched alkanes of at least 4 members (excludes halogenated alkanes) is 1. The van der Waals surface area contributed by atoms with E-state index in [9.17, 15) is 9.18 Å². The number of piperazine rings is 1. The van der Waals surface area contributed by atoms with Gasteiger partial charge in [0.05, 0.1) is 0 Å². The minimum atomic E-state index is -0.297. The predicted octanol–water partition coefficient (Wildman–Crippen LogP) is 3.56. The molecule has 0 atom stereocenters. The Bertz CT molecular complexity index is 791. The van der Waals surface area contributed by atoms with Crippen LogP contribution in [0.15, 0.2) is 30.6 Å². The number of amides is 1. The van der Waals surface area contributed by atoms with E-state index < -0.39 is 0 Å². The first-order valence-corrected chi connectivity index (χ1v) is 9.35. The van der Waals surface area contributed by atoms with Gasteiger partial charge in [0.15, 0.2) is 0 Å². The molecular formula is C20H25FN4O2. The lowest BCUT2D eigenvalue weighted by atomic mass is 10.2. The summed E-state index contributed by atoms with van der Waals surface area (Å²) in [6.45, 7) is 6.72. The molecule has 1 aromatic carbocycles. The van der Waals surface area contributed by atoms with Gasteiger partial charge in [0.25, 0.3) is 0 Å². The highest BCUT2D eigenvalue weighted by atomic mass is 19.1. The van der Waals surface area contributed by atoms with E-state index in [4.69, 9.17) is 4.74 Å². The van der Waals surface area contributed by atoms with E-state index in [2.05, 4.69) is 21.8 Å². The predicted molar refractivity (Wildman–Crippen MR) is 102 cm³/mol. The normalized spacial score (nSPS) is 14.3. The van der Waals surface area contributed by atoms with Gasteiger partial charge in [-0.1, -0.05) is 13.3 Å². The topological polar surface area (TPSA) is 58.6 Å². The molecule has 1 aromatic heterocycles. The highest BCUT2D eigenvalue weighted by Crippen LogP contribution is 2.26. The summed E-state index contributed by atoms with van der Waals surface area (Å²) >= 11 is 0. The molecule has 0 aliphatic carbocycles. The summed E-state index contributed by atoms with van der Waals surface area (Å²) < 4.78 is 19.0. The molecule has 1 aliphatic heterocycles. The molecule has 1 fully saturated rings. The van der Waals surface area contributed by atoms with Crippen molar-refractivity contribution in [2.24, 2.45) is 0 Å². The van der Waals surface area contributed by atoms with Crippen molar-refractivity contribution in [2.75, 3.05) is 31.1 Å². The summed E-state index contributed by atoms with van der Waals surface area (Å²) in [5.41, 5.74) is 0.703. The Hall–Kier alpha value is -2.70. The van der Waals surface area contributed by atoms with Crippen molar-refractivity contribution < 1.29 is 13.9 Å². The average molecular weight is 372 g/mol. The average Bonchev–Trinajstić information content (AvgIpc) is 2.68. The number of halogens is 1. The molecule has 2 aromatic rings. The molecule has 1 aliphatic rings. The van der Waals surface area contributed by atoms with E-state index >= 15 is 0 Å². The Morgan fingerprint density at radius 2 is 1.96 bits per heavy atom. The zero-order chi connectivity index (χ0) is 19.2. The molecule has 7 heteroatoms. The molecule has 27 heavy (non-hydrogen) atoms. The van der Waals surface area contributed by atoms with Crippen LogP contribution in [-0.4, -0.2) is 47.0 Å². The van der Waals surface area contributed by atoms with Gasteiger partial charge in [-0.15, -0.1) is 0 Å². The molecular weight excluding hydrogens is 347 g/mol. The molecule has 3 rings (SSSR count). The maximum atomic E-state index is 13.2. The number of benzene rings is 1. The number of carbonyl (C=O) groups is 1. The van der Waals surface area contributed by atoms with Crippen LogP contribution < -0.4 is 9.64 Å². The Balaban J connectivity index is 1.62. The smallest absolute Gasteiger partial charge is 0.224 e. The Morgan fingerprint density at radius 1 is 1.19 bits per heavy atom. The van der Waals surface area contributed by atoms with Gasteiger partial charge >= 0.3 is 0 Å². The van der Waals surface area contributed by atoms with Crippen molar-refractivity contribution in [1.82, 2.24) is 14.9 Å². The van der Waals surface area contributed by atoms with Gasteiger partial charge in [0.1, 0.15) is 23.7 Å². The van der Waals surface area contributed by atoms with E-state index in [0.717, 1.165) is 31.7 Å². The zero-order valence-corrected chi connectivity index (χ0v) is 15.8. The Labute approximate surface area is 159 Å². The lowest BCUT2D eigenvalue weighted by Gasteiger charge is -2.35. The fourth-order valence-electron chi connectivity index (χ4n) is 3.07. The van der Waals surface area contributed by atoms with E-state index in [0.29, 0.717) is 36.7 Å². The fourth-order valence-corrected chi connectivity index (χ4v) is 3.07. The van der Waals surface area contributed by atoms with Gasteiger partial charge in [0.2, 0.25) is 11.8 Å². The van der Waals surface area contributed by atoms with Crippen LogP contribution in [0.2, 0.25) is 0 Å². The van der Waals surface area contributed by atoms with Crippen LogP contribution in [0, 0.1) is 12.7 Å². The largest absolute Gasteiger partial charge is 0.439 e. The molecule has 0 unspecified atom stereocenters. The molecule has 6 nitrogen and oxygen atoms in total. The number of aryl methyl sites for hydroxylation is 1. The zero-order valence-electron chi connectivity index (χ0n) is 15.8. The number of aromatic nitrogens is 2. The van der Waals surface area contributed by atoms with Crippen LogP contribution in [0.25, 0.3) is 0 Å². The number of nitrogens with zero attached hydrogens (tertiary/aromatic N) is 4. The van der Waals surface area contributed by atoms with Crippen LogP contribution in [-0.2, 0) is 4.79 Å². The minimum absolute atomic E-state index is 0.231. The first kappa shape index (κ1) is 19.1. The number of carbonyl (C=O) groups excluding carboxylic acids is 1. The molecule has 1 saturated heterocycles. The lowest BCUT2D eigenvalue weighted by molar-refractivity contribution is -0.131. The Morgan fingerprint density at radius 3 is 2.67 bits per heavy atom. The molecule has 2 heterocycles. The van der Waals surface area contributed by atoms with Crippen LogP contribution in [0.3, 0.4) is 0 Å². The lowest BCUT2D eigenvalue weighted by Crippen LogP contribution is -2.49. The van der Waals surface area contributed by atoms with Crippen LogP contribution in [0.4, 0.5) is 10.2 Å². The summed E-state index contributed by atoms with van der Waals surface area (Å²) in [5, 5.41) is 0. The van der Waals surface area contributed by atoms with Crippen LogP contribution in [0.1, 0.15) is 31.7 Å². The van der Waals surface area contributed by atoms with Crippen LogP contribution >= 0.6 is 0 Å². The Kier molecular flexibility index (Phi) is 6.21. The summed E-state index contributed by atoms with van der Waals surface area (Å²) in [6.07, 6.45) is 4.05. The summed E-state index contributed by atoms with van der Waals surface area (Å²) in [6, 6.07) is 6.15. The first-order chi connectivity index (χ1) is 13.1. The summed E-state index contributed by atoms with van der Waals surface area (Å²) in [7, 11) is 0. The van der Waals surface area contributed by atoms with Crippen molar-refractivity contribution in [3.63, 3.8) is 0 Å². The first-order valence-electron chi connectivity index (χ1n) is 9.35. The third kappa shape index (κ3) is 4.93.